The Morgan fingerprint density at radius 3 is 2.83 bits per heavy atom. The predicted octanol–water partition coefficient (Wildman–Crippen LogP) is 0.291. The van der Waals surface area contributed by atoms with E-state index in [-0.39, 0.29) is 18.4 Å². The lowest BCUT2D eigenvalue weighted by Crippen LogP contribution is -2.23. The van der Waals surface area contributed by atoms with Crippen LogP contribution in [0.15, 0.2) is 30.5 Å². The molecule has 1 heterocycles. The number of amides is 1. The minimum atomic E-state index is -0.329. The van der Waals surface area contributed by atoms with Gasteiger partial charge in [0.05, 0.1) is 32.1 Å². The summed E-state index contributed by atoms with van der Waals surface area (Å²) in [7, 11) is 4.79. The van der Waals surface area contributed by atoms with Crippen LogP contribution in [0.4, 0.5) is 0 Å². The van der Waals surface area contributed by atoms with Crippen LogP contribution < -0.4 is 5.32 Å². The number of methoxy groups -OCH3 is 1. The van der Waals surface area contributed by atoms with Crippen molar-refractivity contribution in [3.63, 3.8) is 0 Å². The van der Waals surface area contributed by atoms with Crippen LogP contribution in [0.3, 0.4) is 0 Å². The number of nitrogens with one attached hydrogen (secondary N) is 1. The molecule has 2 aromatic rings. The molecule has 0 aliphatic carbocycles. The fourth-order valence-corrected chi connectivity index (χ4v) is 2.11. The van der Waals surface area contributed by atoms with Gasteiger partial charge in [-0.05, 0) is 17.7 Å². The summed E-state index contributed by atoms with van der Waals surface area (Å²) >= 11 is 0. The number of rotatable bonds is 7. The van der Waals surface area contributed by atoms with Crippen LogP contribution in [0.25, 0.3) is 0 Å². The topological polar surface area (TPSA) is 89.4 Å². The van der Waals surface area contributed by atoms with Gasteiger partial charge in [0.15, 0.2) is 0 Å². The summed E-state index contributed by atoms with van der Waals surface area (Å²) in [6.07, 6.45) is 1.80. The summed E-state index contributed by atoms with van der Waals surface area (Å²) in [5, 5.41) is 11.0. The summed E-state index contributed by atoms with van der Waals surface area (Å²) in [5.41, 5.74) is 2.32. The first-order chi connectivity index (χ1) is 11.5. The lowest BCUT2D eigenvalue weighted by Gasteiger charge is -2.11. The Labute approximate surface area is 140 Å². The molecule has 8 nitrogen and oxygen atoms in total. The van der Waals surface area contributed by atoms with Gasteiger partial charge in [0.25, 0.3) is 5.91 Å². The van der Waals surface area contributed by atoms with E-state index in [0.29, 0.717) is 18.7 Å². The molecule has 0 aliphatic rings. The second-order valence-electron chi connectivity index (χ2n) is 5.49. The first-order valence-corrected chi connectivity index (χ1v) is 7.46. The Kier molecular flexibility index (Phi) is 6.02. The second-order valence-corrected chi connectivity index (χ2v) is 5.49. The monoisotopic (exact) mass is 331 g/mol. The molecule has 0 radical (unpaired) electrons. The molecule has 0 unspecified atom stereocenters. The minimum absolute atomic E-state index is 0.0388. The molecular weight excluding hydrogens is 310 g/mol. The molecular formula is C16H21N5O3. The van der Waals surface area contributed by atoms with Crippen molar-refractivity contribution in [2.24, 2.45) is 0 Å². The highest BCUT2D eigenvalue weighted by Crippen LogP contribution is 2.09. The quantitative estimate of drug-likeness (QED) is 0.734. The third-order valence-corrected chi connectivity index (χ3v) is 3.31. The lowest BCUT2D eigenvalue weighted by molar-refractivity contribution is -0.139. The van der Waals surface area contributed by atoms with E-state index in [1.807, 2.05) is 18.2 Å². The Hall–Kier alpha value is -2.74. The van der Waals surface area contributed by atoms with Crippen molar-refractivity contribution in [1.82, 2.24) is 25.2 Å². The molecule has 0 saturated carbocycles. The van der Waals surface area contributed by atoms with Gasteiger partial charge in [-0.25, -0.2) is 4.68 Å². The standard InChI is InChI=1S/C16H21N5O3/c1-20(2)16(23)13-6-4-5-12(7-13)10-21-11-14(18-19-21)8-17-9-15(22)24-3/h4-7,11,17H,8-10H2,1-3H3. The number of carbonyl (C=O) groups excluding carboxylic acids is 2. The van der Waals surface area contributed by atoms with Crippen LogP contribution >= 0.6 is 0 Å². The summed E-state index contributed by atoms with van der Waals surface area (Å²) in [6.45, 7) is 1.06. The summed E-state index contributed by atoms with van der Waals surface area (Å²) in [6, 6.07) is 7.42. The van der Waals surface area contributed by atoms with E-state index in [9.17, 15) is 9.59 Å². The maximum atomic E-state index is 12.0. The van der Waals surface area contributed by atoms with Crippen molar-refractivity contribution >= 4 is 11.9 Å². The van der Waals surface area contributed by atoms with E-state index < -0.39 is 0 Å². The van der Waals surface area contributed by atoms with E-state index in [1.165, 1.54) is 7.11 Å². The first kappa shape index (κ1) is 17.6. The highest BCUT2D eigenvalue weighted by atomic mass is 16.5. The number of aromatic nitrogens is 3. The number of hydrogen-bond acceptors (Lipinski definition) is 6. The second kappa shape index (κ2) is 8.21. The van der Waals surface area contributed by atoms with Gasteiger partial charge >= 0.3 is 5.97 Å². The summed E-state index contributed by atoms with van der Waals surface area (Å²) in [5.74, 6) is -0.368. The maximum absolute atomic E-state index is 12.0. The number of nitrogens with zero attached hydrogens (tertiary/aromatic N) is 4. The SMILES string of the molecule is COC(=O)CNCc1cn(Cc2cccc(C(=O)N(C)C)c2)nn1. The van der Waals surface area contributed by atoms with Gasteiger partial charge in [-0.15, -0.1) is 5.10 Å². The van der Waals surface area contributed by atoms with Gasteiger partial charge in [0, 0.05) is 26.2 Å². The molecule has 24 heavy (non-hydrogen) atoms. The molecule has 0 aliphatic heterocycles. The van der Waals surface area contributed by atoms with Crippen molar-refractivity contribution in [3.05, 3.63) is 47.3 Å². The fourth-order valence-electron chi connectivity index (χ4n) is 2.11. The van der Waals surface area contributed by atoms with Crippen molar-refractivity contribution in [1.29, 1.82) is 0 Å². The van der Waals surface area contributed by atoms with Crippen molar-refractivity contribution in [2.75, 3.05) is 27.7 Å². The van der Waals surface area contributed by atoms with E-state index in [0.717, 1.165) is 11.3 Å². The van der Waals surface area contributed by atoms with Gasteiger partial charge in [-0.1, -0.05) is 17.3 Å². The molecule has 1 aromatic heterocycles. The van der Waals surface area contributed by atoms with Gasteiger partial charge in [0.1, 0.15) is 0 Å². The molecule has 8 heteroatoms. The molecule has 0 saturated heterocycles. The zero-order valence-corrected chi connectivity index (χ0v) is 14.0. The van der Waals surface area contributed by atoms with Crippen molar-refractivity contribution in [3.8, 4) is 0 Å². The van der Waals surface area contributed by atoms with E-state index in [4.69, 9.17) is 0 Å². The average Bonchev–Trinajstić information content (AvgIpc) is 3.01. The smallest absolute Gasteiger partial charge is 0.319 e. The number of hydrogen-bond donors (Lipinski definition) is 1. The average molecular weight is 331 g/mol. The third-order valence-electron chi connectivity index (χ3n) is 3.31. The number of ether oxygens (including phenoxy) is 1. The Morgan fingerprint density at radius 2 is 2.12 bits per heavy atom. The number of esters is 1. The molecule has 0 atom stereocenters. The molecule has 1 aromatic carbocycles. The zero-order valence-electron chi connectivity index (χ0n) is 14.0. The Balaban J connectivity index is 1.96. The van der Waals surface area contributed by atoms with Gasteiger partial charge in [-0.3, -0.25) is 9.59 Å². The van der Waals surface area contributed by atoms with Crippen molar-refractivity contribution in [2.45, 2.75) is 13.1 Å². The normalized spacial score (nSPS) is 10.5. The van der Waals surface area contributed by atoms with Gasteiger partial charge in [-0.2, -0.15) is 0 Å². The van der Waals surface area contributed by atoms with Crippen LogP contribution in [0, 0.1) is 0 Å². The Morgan fingerprint density at radius 1 is 1.33 bits per heavy atom. The Bertz CT molecular complexity index is 711. The first-order valence-electron chi connectivity index (χ1n) is 7.46. The maximum Gasteiger partial charge on any atom is 0.319 e. The molecule has 0 fully saturated rings. The van der Waals surface area contributed by atoms with Crippen LogP contribution in [-0.2, 0) is 22.6 Å². The summed E-state index contributed by atoms with van der Waals surface area (Å²) in [4.78, 5) is 24.6. The molecule has 1 N–H and O–H groups in total. The lowest BCUT2D eigenvalue weighted by atomic mass is 10.1. The van der Waals surface area contributed by atoms with Crippen LogP contribution in [0.1, 0.15) is 21.6 Å². The molecule has 1 amide bonds. The highest BCUT2D eigenvalue weighted by Gasteiger charge is 2.09. The van der Waals surface area contributed by atoms with E-state index in [2.05, 4.69) is 20.4 Å². The molecule has 128 valence electrons. The van der Waals surface area contributed by atoms with E-state index in [1.54, 1.807) is 35.9 Å². The molecule has 2 rings (SSSR count). The molecule has 0 bridgehead atoms. The number of benzene rings is 1. The van der Waals surface area contributed by atoms with Crippen LogP contribution in [0.5, 0.6) is 0 Å². The fraction of sp³-hybridized carbons (Fsp3) is 0.375. The van der Waals surface area contributed by atoms with Crippen LogP contribution in [-0.4, -0.2) is 59.5 Å². The zero-order chi connectivity index (χ0) is 17.5. The van der Waals surface area contributed by atoms with Gasteiger partial charge < -0.3 is 15.0 Å². The third kappa shape index (κ3) is 4.88. The van der Waals surface area contributed by atoms with Crippen LogP contribution in [0.2, 0.25) is 0 Å². The predicted molar refractivity (Wildman–Crippen MR) is 87.3 cm³/mol. The summed E-state index contributed by atoms with van der Waals surface area (Å²) < 4.78 is 6.23. The highest BCUT2D eigenvalue weighted by molar-refractivity contribution is 5.94. The number of carbonyl (C=O) groups is 2. The molecule has 0 spiro atoms. The van der Waals surface area contributed by atoms with Gasteiger partial charge in [0.2, 0.25) is 0 Å². The minimum Gasteiger partial charge on any atom is -0.468 e. The van der Waals surface area contributed by atoms with Crippen molar-refractivity contribution < 1.29 is 14.3 Å². The largest absolute Gasteiger partial charge is 0.468 e. The van der Waals surface area contributed by atoms with E-state index >= 15 is 0 Å².